The van der Waals surface area contributed by atoms with Gasteiger partial charge in [0.2, 0.25) is 6.79 Å². The van der Waals surface area contributed by atoms with Crippen molar-refractivity contribution in [3.63, 3.8) is 0 Å². The molecule has 1 aromatic rings. The van der Waals surface area contributed by atoms with E-state index in [9.17, 15) is 15.0 Å². The number of ether oxygens (including phenoxy) is 2. The molecule has 1 aromatic carbocycles. The van der Waals surface area contributed by atoms with Crippen LogP contribution in [0.2, 0.25) is 0 Å². The highest BCUT2D eigenvalue weighted by Gasteiger charge is 2.48. The zero-order valence-corrected chi connectivity index (χ0v) is 11.0. The highest BCUT2D eigenvalue weighted by molar-refractivity contribution is 9.10. The van der Waals surface area contributed by atoms with E-state index in [0.717, 1.165) is 6.42 Å². The molecule has 1 aliphatic heterocycles. The van der Waals surface area contributed by atoms with Crippen LogP contribution in [0, 0.1) is 0 Å². The number of fused-ring (bicyclic) bond motifs is 1. The molecule has 0 radical (unpaired) electrons. The van der Waals surface area contributed by atoms with E-state index in [1.54, 1.807) is 6.07 Å². The Balaban J connectivity index is 2.19. The van der Waals surface area contributed by atoms with Gasteiger partial charge in [0, 0.05) is 5.56 Å². The first-order valence-electron chi connectivity index (χ1n) is 5.61. The Hall–Kier alpha value is -1.43. The molecule has 96 valence electrons. The lowest BCUT2D eigenvalue weighted by Crippen LogP contribution is -2.42. The molecule has 0 amide bonds. The van der Waals surface area contributed by atoms with E-state index in [0.29, 0.717) is 34.4 Å². The number of hydrogen-bond acceptors (Lipinski definition) is 4. The Morgan fingerprint density at radius 2 is 2.11 bits per heavy atom. The monoisotopic (exact) mass is 314 g/mol. The maximum Gasteiger partial charge on any atom is 0.314 e. The molecule has 0 atom stereocenters. The zero-order chi connectivity index (χ0) is 12.9. The van der Waals surface area contributed by atoms with E-state index in [1.807, 2.05) is 0 Å². The molecular weight excluding hydrogens is 304 g/mol. The quantitative estimate of drug-likeness (QED) is 0.876. The Kier molecular flexibility index (Phi) is 2.45. The van der Waals surface area contributed by atoms with Gasteiger partial charge in [-0.05, 0) is 34.8 Å². The third kappa shape index (κ3) is 1.35. The summed E-state index contributed by atoms with van der Waals surface area (Å²) in [7, 11) is 0. The van der Waals surface area contributed by atoms with Gasteiger partial charge in [0.05, 0.1) is 5.41 Å². The first-order chi connectivity index (χ1) is 8.56. The van der Waals surface area contributed by atoms with E-state index >= 15 is 0 Å². The fraction of sp³-hybridized carbons (Fsp3) is 0.417. The van der Waals surface area contributed by atoms with Gasteiger partial charge in [0.15, 0.2) is 11.5 Å². The van der Waals surface area contributed by atoms with Crippen molar-refractivity contribution >= 4 is 21.9 Å². The Morgan fingerprint density at radius 3 is 2.67 bits per heavy atom. The summed E-state index contributed by atoms with van der Waals surface area (Å²) >= 11 is 3.23. The normalized spacial score (nSPS) is 19.4. The SMILES string of the molecule is O=C(O)C1(c2cc3c(c(Br)c2O)OCO3)CCC1. The summed E-state index contributed by atoms with van der Waals surface area (Å²) in [4.78, 5) is 11.5. The lowest BCUT2D eigenvalue weighted by Gasteiger charge is -2.38. The number of benzene rings is 1. The molecule has 0 spiro atoms. The Bertz CT molecular complexity index is 536. The van der Waals surface area contributed by atoms with Gasteiger partial charge in [0.25, 0.3) is 0 Å². The second-order valence-electron chi connectivity index (χ2n) is 4.56. The van der Waals surface area contributed by atoms with Gasteiger partial charge in [-0.25, -0.2) is 0 Å². The van der Waals surface area contributed by atoms with Crippen molar-refractivity contribution in [3.05, 3.63) is 16.1 Å². The smallest absolute Gasteiger partial charge is 0.314 e. The minimum Gasteiger partial charge on any atom is -0.506 e. The third-order valence-corrected chi connectivity index (χ3v) is 4.45. The maximum absolute atomic E-state index is 11.5. The van der Waals surface area contributed by atoms with Gasteiger partial charge in [-0.15, -0.1) is 0 Å². The highest BCUT2D eigenvalue weighted by atomic mass is 79.9. The summed E-state index contributed by atoms with van der Waals surface area (Å²) in [5.41, 5.74) is -0.592. The van der Waals surface area contributed by atoms with E-state index in [4.69, 9.17) is 9.47 Å². The number of carboxylic acids is 1. The first kappa shape index (κ1) is 11.6. The highest BCUT2D eigenvalue weighted by Crippen LogP contribution is 2.54. The molecule has 2 aliphatic rings. The molecule has 2 N–H and O–H groups in total. The topological polar surface area (TPSA) is 76.0 Å². The number of hydrogen-bond donors (Lipinski definition) is 2. The van der Waals surface area contributed by atoms with Crippen molar-refractivity contribution in [1.82, 2.24) is 0 Å². The molecule has 1 heterocycles. The average molecular weight is 315 g/mol. The van der Waals surface area contributed by atoms with E-state index in [1.165, 1.54) is 0 Å². The number of carboxylic acid groups (broad SMARTS) is 1. The number of aliphatic carboxylic acids is 1. The summed E-state index contributed by atoms with van der Waals surface area (Å²) in [6.07, 6.45) is 1.90. The molecule has 1 saturated carbocycles. The summed E-state index contributed by atoms with van der Waals surface area (Å²) in [5, 5.41) is 19.6. The van der Waals surface area contributed by atoms with E-state index < -0.39 is 11.4 Å². The van der Waals surface area contributed by atoms with Crippen molar-refractivity contribution in [2.75, 3.05) is 6.79 Å². The number of aromatic hydroxyl groups is 1. The second kappa shape index (κ2) is 3.78. The van der Waals surface area contributed by atoms with Crippen molar-refractivity contribution in [2.24, 2.45) is 0 Å². The largest absolute Gasteiger partial charge is 0.506 e. The molecule has 1 fully saturated rings. The molecule has 0 saturated heterocycles. The van der Waals surface area contributed by atoms with Crippen LogP contribution in [0.25, 0.3) is 0 Å². The number of carbonyl (C=O) groups is 1. The van der Waals surface area contributed by atoms with Crippen LogP contribution in [-0.2, 0) is 10.2 Å². The van der Waals surface area contributed by atoms with Crippen molar-refractivity contribution in [2.45, 2.75) is 24.7 Å². The molecular formula is C12H11BrO5. The number of phenolic OH excluding ortho intramolecular Hbond substituents is 1. The fourth-order valence-corrected chi connectivity index (χ4v) is 3.01. The van der Waals surface area contributed by atoms with Gasteiger partial charge in [0.1, 0.15) is 10.2 Å². The summed E-state index contributed by atoms with van der Waals surface area (Å²) in [6, 6.07) is 1.58. The van der Waals surface area contributed by atoms with Gasteiger partial charge in [-0.2, -0.15) is 0 Å². The molecule has 6 heteroatoms. The lowest BCUT2D eigenvalue weighted by atomic mass is 9.64. The molecule has 3 rings (SSSR count). The number of phenols is 1. The predicted octanol–water partition coefficient (Wildman–Crippen LogP) is 2.39. The maximum atomic E-state index is 11.5. The summed E-state index contributed by atoms with van der Waals surface area (Å²) < 4.78 is 10.8. The van der Waals surface area contributed by atoms with Crippen LogP contribution in [0.5, 0.6) is 17.2 Å². The van der Waals surface area contributed by atoms with Crippen molar-refractivity contribution in [3.8, 4) is 17.2 Å². The van der Waals surface area contributed by atoms with Crippen LogP contribution in [0.3, 0.4) is 0 Å². The predicted molar refractivity (Wildman–Crippen MR) is 65.1 cm³/mol. The van der Waals surface area contributed by atoms with E-state index in [-0.39, 0.29) is 12.5 Å². The van der Waals surface area contributed by atoms with E-state index in [2.05, 4.69) is 15.9 Å². The Labute approximate surface area is 111 Å². The van der Waals surface area contributed by atoms with Gasteiger partial charge < -0.3 is 19.7 Å². The van der Waals surface area contributed by atoms with Gasteiger partial charge in [-0.3, -0.25) is 4.79 Å². The molecule has 18 heavy (non-hydrogen) atoms. The standard InChI is InChI=1S/C12H11BrO5/c13-8-9(14)6(4-7-10(8)18-5-17-7)12(11(15)16)2-1-3-12/h4,14H,1-3,5H2,(H,15,16). The molecule has 0 bridgehead atoms. The van der Waals surface area contributed by atoms with Crippen molar-refractivity contribution in [1.29, 1.82) is 0 Å². The van der Waals surface area contributed by atoms with Crippen LogP contribution in [0.4, 0.5) is 0 Å². The lowest BCUT2D eigenvalue weighted by molar-refractivity contribution is -0.147. The Morgan fingerprint density at radius 1 is 1.39 bits per heavy atom. The first-order valence-corrected chi connectivity index (χ1v) is 6.40. The number of rotatable bonds is 2. The van der Waals surface area contributed by atoms with Crippen LogP contribution < -0.4 is 9.47 Å². The summed E-state index contributed by atoms with van der Waals surface area (Å²) in [5.74, 6) is -0.0746. The fourth-order valence-electron chi connectivity index (χ4n) is 2.49. The molecule has 0 aromatic heterocycles. The van der Waals surface area contributed by atoms with Crippen LogP contribution in [0.1, 0.15) is 24.8 Å². The number of halogens is 1. The molecule has 0 unspecified atom stereocenters. The van der Waals surface area contributed by atoms with Crippen molar-refractivity contribution < 1.29 is 24.5 Å². The van der Waals surface area contributed by atoms with Gasteiger partial charge in [-0.1, -0.05) is 6.42 Å². The summed E-state index contributed by atoms with van der Waals surface area (Å²) in [6.45, 7) is 0.0803. The zero-order valence-electron chi connectivity index (χ0n) is 9.40. The van der Waals surface area contributed by atoms with Crippen LogP contribution in [-0.4, -0.2) is 23.0 Å². The van der Waals surface area contributed by atoms with Gasteiger partial charge >= 0.3 is 5.97 Å². The molecule has 1 aliphatic carbocycles. The van der Waals surface area contributed by atoms with Crippen LogP contribution >= 0.6 is 15.9 Å². The minimum absolute atomic E-state index is 0.0682. The van der Waals surface area contributed by atoms with Crippen LogP contribution in [0.15, 0.2) is 10.5 Å². The molecule has 5 nitrogen and oxygen atoms in total. The average Bonchev–Trinajstić information content (AvgIpc) is 2.71. The second-order valence-corrected chi connectivity index (χ2v) is 5.35. The third-order valence-electron chi connectivity index (χ3n) is 3.71. The minimum atomic E-state index is -0.992.